The number of nitrogens with one attached hydrogen (secondary N) is 1. The van der Waals surface area contributed by atoms with Crippen LogP contribution < -0.4 is 10.2 Å². The molecule has 3 aromatic carbocycles. The molecule has 1 saturated heterocycles. The molecule has 1 aliphatic heterocycles. The molecule has 8 heteroatoms. The van der Waals surface area contributed by atoms with Crippen LogP contribution in [0.5, 0.6) is 0 Å². The van der Waals surface area contributed by atoms with Gasteiger partial charge in [0.1, 0.15) is 16.7 Å². The van der Waals surface area contributed by atoms with Crippen LogP contribution in [0.2, 0.25) is 10.0 Å². The number of hydrogen-bond donors (Lipinski definition) is 1. The van der Waals surface area contributed by atoms with Crippen molar-refractivity contribution < 1.29 is 9.59 Å². The van der Waals surface area contributed by atoms with E-state index < -0.39 is 11.2 Å². The highest BCUT2D eigenvalue weighted by Crippen LogP contribution is 2.42. The molecule has 1 fully saturated rings. The SMILES string of the molecule is Cc1ccccc1NC(=O)/C(C#N)=C1\S[C@H](Cc2ccc(Cl)c(Cl)c2)C(=O)N1c1ccccc1. The molecule has 1 heterocycles. The lowest BCUT2D eigenvalue weighted by Crippen LogP contribution is -2.30. The maximum atomic E-state index is 13.5. The van der Waals surface area contributed by atoms with Crippen LogP contribution in [0, 0.1) is 18.3 Å². The van der Waals surface area contributed by atoms with Gasteiger partial charge in [-0.05, 0) is 54.8 Å². The van der Waals surface area contributed by atoms with Gasteiger partial charge in [-0.25, -0.2) is 0 Å². The number of carbonyl (C=O) groups is 2. The van der Waals surface area contributed by atoms with Crippen molar-refractivity contribution in [2.45, 2.75) is 18.6 Å². The largest absolute Gasteiger partial charge is 0.321 e. The fourth-order valence-electron chi connectivity index (χ4n) is 3.58. The number of thioether (sulfide) groups is 1. The summed E-state index contributed by atoms with van der Waals surface area (Å²) in [5.41, 5.74) is 2.77. The predicted octanol–water partition coefficient (Wildman–Crippen LogP) is 6.37. The van der Waals surface area contributed by atoms with Gasteiger partial charge >= 0.3 is 0 Å². The van der Waals surface area contributed by atoms with Gasteiger partial charge in [-0.2, -0.15) is 5.26 Å². The van der Waals surface area contributed by atoms with Gasteiger partial charge in [-0.1, -0.05) is 77.4 Å². The Morgan fingerprint density at radius 2 is 1.76 bits per heavy atom. The summed E-state index contributed by atoms with van der Waals surface area (Å²) in [4.78, 5) is 28.1. The minimum Gasteiger partial charge on any atom is -0.321 e. The van der Waals surface area contributed by atoms with Crippen molar-refractivity contribution in [2.75, 3.05) is 10.2 Å². The van der Waals surface area contributed by atoms with Crippen molar-refractivity contribution in [3.05, 3.63) is 105 Å². The molecule has 0 aromatic heterocycles. The summed E-state index contributed by atoms with van der Waals surface area (Å²) >= 11 is 13.4. The smallest absolute Gasteiger partial charge is 0.269 e. The molecule has 0 saturated carbocycles. The molecule has 1 atom stereocenters. The van der Waals surface area contributed by atoms with E-state index in [4.69, 9.17) is 23.2 Å². The Labute approximate surface area is 212 Å². The van der Waals surface area contributed by atoms with E-state index in [1.165, 1.54) is 16.7 Å². The Morgan fingerprint density at radius 1 is 1.06 bits per heavy atom. The van der Waals surface area contributed by atoms with Crippen molar-refractivity contribution in [3.8, 4) is 6.07 Å². The summed E-state index contributed by atoms with van der Waals surface area (Å²) in [6.07, 6.45) is 0.366. The maximum absolute atomic E-state index is 13.5. The van der Waals surface area contributed by atoms with Crippen LogP contribution in [0.15, 0.2) is 83.4 Å². The summed E-state index contributed by atoms with van der Waals surface area (Å²) in [5.74, 6) is -0.781. The van der Waals surface area contributed by atoms with E-state index in [1.54, 1.807) is 48.5 Å². The van der Waals surface area contributed by atoms with Crippen molar-refractivity contribution in [1.29, 1.82) is 5.26 Å². The first-order chi connectivity index (χ1) is 16.4. The quantitative estimate of drug-likeness (QED) is 0.321. The Kier molecular flexibility index (Phi) is 7.28. The molecule has 3 aromatic rings. The van der Waals surface area contributed by atoms with E-state index in [0.29, 0.717) is 32.9 Å². The fourth-order valence-corrected chi connectivity index (χ4v) is 5.21. The molecule has 1 N–H and O–H groups in total. The van der Waals surface area contributed by atoms with Crippen LogP contribution >= 0.6 is 35.0 Å². The highest BCUT2D eigenvalue weighted by molar-refractivity contribution is 8.05. The standard InChI is InChI=1S/C26H19Cl2N3O2S/c1-16-7-5-6-10-22(16)30-24(32)19(15-29)26-31(18-8-3-2-4-9-18)25(33)23(34-26)14-17-11-12-20(27)21(28)13-17/h2-13,23H,14H2,1H3,(H,30,32)/b26-19-/t23-/m1/s1. The molecule has 0 radical (unpaired) electrons. The van der Waals surface area contributed by atoms with E-state index in [2.05, 4.69) is 5.32 Å². The van der Waals surface area contributed by atoms with Crippen LogP contribution in [-0.2, 0) is 16.0 Å². The normalized spacial score (nSPS) is 16.8. The Hall–Kier alpha value is -3.24. The molecule has 4 rings (SSSR count). The van der Waals surface area contributed by atoms with Gasteiger partial charge in [0.05, 0.1) is 15.3 Å². The third-order valence-corrected chi connectivity index (χ3v) is 7.32. The number of nitrogens with zero attached hydrogens (tertiary/aromatic N) is 2. The Balaban J connectivity index is 1.72. The maximum Gasteiger partial charge on any atom is 0.269 e. The molecule has 5 nitrogen and oxygen atoms in total. The zero-order valence-electron chi connectivity index (χ0n) is 18.1. The van der Waals surface area contributed by atoms with E-state index in [1.807, 2.05) is 37.3 Å². The van der Waals surface area contributed by atoms with E-state index >= 15 is 0 Å². The number of nitriles is 1. The molecule has 0 spiro atoms. The topological polar surface area (TPSA) is 73.2 Å². The first kappa shape index (κ1) is 23.9. The van der Waals surface area contributed by atoms with Crippen LogP contribution in [-0.4, -0.2) is 17.1 Å². The summed E-state index contributed by atoms with van der Waals surface area (Å²) in [6, 6.07) is 23.5. The number of aryl methyl sites for hydroxylation is 1. The van der Waals surface area contributed by atoms with Crippen molar-refractivity contribution >= 4 is 58.2 Å². The third kappa shape index (κ3) is 4.97. The van der Waals surface area contributed by atoms with Crippen LogP contribution in [0.25, 0.3) is 0 Å². The summed E-state index contributed by atoms with van der Waals surface area (Å²) < 4.78 is 0. The summed E-state index contributed by atoms with van der Waals surface area (Å²) in [7, 11) is 0. The monoisotopic (exact) mass is 507 g/mol. The lowest BCUT2D eigenvalue weighted by Gasteiger charge is -2.18. The lowest BCUT2D eigenvalue weighted by molar-refractivity contribution is -0.117. The van der Waals surface area contributed by atoms with Gasteiger partial charge in [0.15, 0.2) is 0 Å². The van der Waals surface area contributed by atoms with Crippen LogP contribution in [0.3, 0.4) is 0 Å². The van der Waals surface area contributed by atoms with Crippen LogP contribution in [0.1, 0.15) is 11.1 Å². The minimum atomic E-state index is -0.566. The molecule has 2 amide bonds. The van der Waals surface area contributed by atoms with Gasteiger partial charge < -0.3 is 5.32 Å². The molecule has 34 heavy (non-hydrogen) atoms. The fraction of sp³-hybridized carbons (Fsp3) is 0.115. The number of benzene rings is 3. The van der Waals surface area contributed by atoms with Gasteiger partial charge in [0.2, 0.25) is 5.91 Å². The Bertz CT molecular complexity index is 1340. The second-order valence-corrected chi connectivity index (χ2v) is 9.64. The zero-order valence-corrected chi connectivity index (χ0v) is 20.4. The molecular formula is C26H19Cl2N3O2S. The zero-order chi connectivity index (χ0) is 24.2. The third-order valence-electron chi connectivity index (χ3n) is 5.32. The number of carbonyl (C=O) groups excluding carboxylic acids is 2. The highest BCUT2D eigenvalue weighted by atomic mass is 35.5. The number of rotatable bonds is 5. The lowest BCUT2D eigenvalue weighted by atomic mass is 10.1. The van der Waals surface area contributed by atoms with Gasteiger partial charge in [0, 0.05) is 11.4 Å². The van der Waals surface area contributed by atoms with E-state index in [9.17, 15) is 14.9 Å². The average Bonchev–Trinajstić information content (AvgIpc) is 3.14. The second kappa shape index (κ2) is 10.4. The highest BCUT2D eigenvalue weighted by Gasteiger charge is 2.40. The first-order valence-electron chi connectivity index (χ1n) is 10.4. The number of anilines is 2. The molecule has 0 aliphatic carbocycles. The number of hydrogen-bond acceptors (Lipinski definition) is 4. The minimum absolute atomic E-state index is 0.123. The average molecular weight is 508 g/mol. The van der Waals surface area contributed by atoms with Gasteiger partial charge in [0.25, 0.3) is 5.91 Å². The second-order valence-electron chi connectivity index (χ2n) is 7.63. The van der Waals surface area contributed by atoms with Crippen molar-refractivity contribution in [1.82, 2.24) is 0 Å². The first-order valence-corrected chi connectivity index (χ1v) is 12.0. The summed E-state index contributed by atoms with van der Waals surface area (Å²) in [5, 5.41) is 13.3. The molecule has 0 unspecified atom stereocenters. The van der Waals surface area contributed by atoms with Crippen molar-refractivity contribution in [2.24, 2.45) is 0 Å². The van der Waals surface area contributed by atoms with E-state index in [-0.39, 0.29) is 11.5 Å². The van der Waals surface area contributed by atoms with Crippen LogP contribution in [0.4, 0.5) is 11.4 Å². The molecule has 1 aliphatic rings. The summed E-state index contributed by atoms with van der Waals surface area (Å²) in [6.45, 7) is 1.87. The van der Waals surface area contributed by atoms with Gasteiger partial charge in [-0.15, -0.1) is 0 Å². The number of para-hydroxylation sites is 2. The van der Waals surface area contributed by atoms with E-state index in [0.717, 1.165) is 11.1 Å². The van der Waals surface area contributed by atoms with Gasteiger partial charge in [-0.3, -0.25) is 14.5 Å². The molecular weight excluding hydrogens is 489 g/mol. The molecule has 0 bridgehead atoms. The molecule has 170 valence electrons. The number of halogens is 2. The number of amides is 2. The van der Waals surface area contributed by atoms with Crippen molar-refractivity contribution in [3.63, 3.8) is 0 Å². The Morgan fingerprint density at radius 3 is 2.44 bits per heavy atom. The predicted molar refractivity (Wildman–Crippen MR) is 138 cm³/mol.